The minimum absolute atomic E-state index is 0.0511. The van der Waals surface area contributed by atoms with Crippen LogP contribution in [0.3, 0.4) is 0 Å². The highest BCUT2D eigenvalue weighted by Gasteiger charge is 2.12. The smallest absolute Gasteiger partial charge is 0.221 e. The van der Waals surface area contributed by atoms with Crippen molar-refractivity contribution in [2.24, 2.45) is 0 Å². The van der Waals surface area contributed by atoms with Crippen molar-refractivity contribution in [3.8, 4) is 6.07 Å². The van der Waals surface area contributed by atoms with Gasteiger partial charge >= 0.3 is 0 Å². The summed E-state index contributed by atoms with van der Waals surface area (Å²) in [4.78, 5) is 11.0. The van der Waals surface area contributed by atoms with E-state index in [-0.39, 0.29) is 16.3 Å². The van der Waals surface area contributed by atoms with Gasteiger partial charge in [-0.25, -0.2) is 8.78 Å². The van der Waals surface area contributed by atoms with E-state index in [0.29, 0.717) is 6.07 Å². The summed E-state index contributed by atoms with van der Waals surface area (Å²) < 4.78 is 26.3. The highest BCUT2D eigenvalue weighted by molar-refractivity contribution is 7.99. The van der Waals surface area contributed by atoms with Crippen molar-refractivity contribution in [1.82, 2.24) is 0 Å². The lowest BCUT2D eigenvalue weighted by Gasteiger charge is -2.09. The maximum Gasteiger partial charge on any atom is 0.221 e. The summed E-state index contributed by atoms with van der Waals surface area (Å²) in [7, 11) is 0. The normalized spacial score (nSPS) is 9.62. The quantitative estimate of drug-likeness (QED) is 0.829. The van der Waals surface area contributed by atoms with Crippen LogP contribution in [0.25, 0.3) is 0 Å². The summed E-state index contributed by atoms with van der Waals surface area (Å²) in [6.07, 6.45) is 0. The number of rotatable bonds is 3. The third kappa shape index (κ3) is 3.21. The molecule has 0 radical (unpaired) electrons. The molecular formula is C10H8F2N2OS. The van der Waals surface area contributed by atoms with Gasteiger partial charge < -0.3 is 5.32 Å². The van der Waals surface area contributed by atoms with Crippen LogP contribution >= 0.6 is 11.8 Å². The number of amides is 1. The summed E-state index contributed by atoms with van der Waals surface area (Å²) in [6, 6.07) is 3.60. The summed E-state index contributed by atoms with van der Waals surface area (Å²) >= 11 is 0.962. The molecule has 0 spiro atoms. The maximum absolute atomic E-state index is 13.3. The first-order valence-electron chi connectivity index (χ1n) is 4.31. The molecule has 0 fully saturated rings. The van der Waals surface area contributed by atoms with E-state index in [0.717, 1.165) is 17.8 Å². The molecule has 0 aliphatic heterocycles. The molecule has 16 heavy (non-hydrogen) atoms. The van der Waals surface area contributed by atoms with Gasteiger partial charge in [-0.3, -0.25) is 4.79 Å². The Morgan fingerprint density at radius 1 is 1.56 bits per heavy atom. The zero-order chi connectivity index (χ0) is 12.1. The van der Waals surface area contributed by atoms with Gasteiger partial charge in [0, 0.05) is 17.9 Å². The Bertz CT molecular complexity index is 457. The predicted molar refractivity (Wildman–Crippen MR) is 57.0 cm³/mol. The number of benzene rings is 1. The Balaban J connectivity index is 3.11. The fourth-order valence-electron chi connectivity index (χ4n) is 1.07. The van der Waals surface area contributed by atoms with Gasteiger partial charge in [0.05, 0.1) is 17.5 Å². The van der Waals surface area contributed by atoms with Gasteiger partial charge in [-0.15, -0.1) is 11.8 Å². The lowest BCUT2D eigenvalue weighted by atomic mass is 10.3. The molecule has 0 atom stereocenters. The number of nitrogens with zero attached hydrogens (tertiary/aromatic N) is 1. The van der Waals surface area contributed by atoms with Gasteiger partial charge in [0.2, 0.25) is 5.91 Å². The largest absolute Gasteiger partial charge is 0.323 e. The molecule has 1 aromatic rings. The van der Waals surface area contributed by atoms with E-state index in [4.69, 9.17) is 5.26 Å². The molecule has 1 N–H and O–H groups in total. The van der Waals surface area contributed by atoms with Gasteiger partial charge in [0.25, 0.3) is 0 Å². The molecule has 0 aliphatic carbocycles. The van der Waals surface area contributed by atoms with Crippen LogP contribution in [0.2, 0.25) is 0 Å². The first kappa shape index (κ1) is 12.5. The number of thioether (sulfide) groups is 1. The summed E-state index contributed by atoms with van der Waals surface area (Å²) in [5.41, 5.74) is -0.0887. The van der Waals surface area contributed by atoms with Crippen LogP contribution in [-0.2, 0) is 4.79 Å². The summed E-state index contributed by atoms with van der Waals surface area (Å²) in [5, 5.41) is 10.7. The second-order valence-corrected chi connectivity index (χ2v) is 3.91. The third-order valence-corrected chi connectivity index (χ3v) is 2.52. The fraction of sp³-hybridized carbons (Fsp3) is 0.200. The number of carbonyl (C=O) groups excluding carboxylic acids is 1. The molecule has 1 amide bonds. The Labute approximate surface area is 95.4 Å². The van der Waals surface area contributed by atoms with Crippen molar-refractivity contribution in [3.05, 3.63) is 23.8 Å². The average Bonchev–Trinajstić information content (AvgIpc) is 2.19. The highest BCUT2D eigenvalue weighted by atomic mass is 32.2. The predicted octanol–water partition coefficient (Wildman–Crippen LogP) is 2.54. The minimum atomic E-state index is -0.851. The maximum atomic E-state index is 13.3. The van der Waals surface area contributed by atoms with Crippen molar-refractivity contribution < 1.29 is 13.6 Å². The summed E-state index contributed by atoms with van der Waals surface area (Å²) in [6.45, 7) is 1.22. The van der Waals surface area contributed by atoms with E-state index in [9.17, 15) is 13.6 Å². The standard InChI is InChI=1S/C10H8F2N2OS/c1-6(15)14-10-8(12)4-7(11)5-9(10)16-3-2-13/h4-5H,3H2,1H3,(H,14,15). The van der Waals surface area contributed by atoms with Crippen LogP contribution in [0.15, 0.2) is 17.0 Å². The topological polar surface area (TPSA) is 52.9 Å². The molecule has 0 heterocycles. The van der Waals surface area contributed by atoms with E-state index in [1.165, 1.54) is 6.92 Å². The van der Waals surface area contributed by atoms with Crippen LogP contribution in [-0.4, -0.2) is 11.7 Å². The number of carbonyl (C=O) groups is 1. The zero-order valence-electron chi connectivity index (χ0n) is 8.38. The number of anilines is 1. The van der Waals surface area contributed by atoms with Crippen molar-refractivity contribution in [2.45, 2.75) is 11.8 Å². The highest BCUT2D eigenvalue weighted by Crippen LogP contribution is 2.30. The lowest BCUT2D eigenvalue weighted by molar-refractivity contribution is -0.114. The molecule has 1 rings (SSSR count). The average molecular weight is 242 g/mol. The fourth-order valence-corrected chi connectivity index (χ4v) is 1.78. The molecule has 0 bridgehead atoms. The number of nitrogens with one attached hydrogen (secondary N) is 1. The van der Waals surface area contributed by atoms with Crippen LogP contribution in [0.5, 0.6) is 0 Å². The molecule has 0 aromatic heterocycles. The van der Waals surface area contributed by atoms with Crippen LogP contribution in [0.4, 0.5) is 14.5 Å². The molecule has 0 saturated heterocycles. The SMILES string of the molecule is CC(=O)Nc1c(F)cc(F)cc1SCC#N. The van der Waals surface area contributed by atoms with Gasteiger partial charge in [-0.05, 0) is 6.07 Å². The molecule has 0 saturated carbocycles. The molecule has 3 nitrogen and oxygen atoms in total. The number of hydrogen-bond donors (Lipinski definition) is 1. The first-order valence-corrected chi connectivity index (χ1v) is 5.29. The van der Waals surface area contributed by atoms with Crippen molar-refractivity contribution in [2.75, 3.05) is 11.1 Å². The number of hydrogen-bond acceptors (Lipinski definition) is 3. The zero-order valence-corrected chi connectivity index (χ0v) is 9.20. The third-order valence-electron chi connectivity index (χ3n) is 1.61. The Morgan fingerprint density at radius 2 is 2.25 bits per heavy atom. The van der Waals surface area contributed by atoms with Gasteiger partial charge in [-0.2, -0.15) is 5.26 Å². The van der Waals surface area contributed by atoms with Gasteiger partial charge in [-0.1, -0.05) is 0 Å². The molecular weight excluding hydrogens is 234 g/mol. The van der Waals surface area contributed by atoms with Gasteiger partial charge in [0.1, 0.15) is 5.82 Å². The van der Waals surface area contributed by atoms with Crippen molar-refractivity contribution >= 4 is 23.4 Å². The van der Waals surface area contributed by atoms with Crippen LogP contribution in [0, 0.1) is 23.0 Å². The van der Waals surface area contributed by atoms with E-state index < -0.39 is 17.5 Å². The van der Waals surface area contributed by atoms with Gasteiger partial charge in [0.15, 0.2) is 5.82 Å². The van der Waals surface area contributed by atoms with Crippen molar-refractivity contribution in [3.63, 3.8) is 0 Å². The molecule has 0 unspecified atom stereocenters. The Morgan fingerprint density at radius 3 is 2.81 bits per heavy atom. The minimum Gasteiger partial charge on any atom is -0.323 e. The molecule has 84 valence electrons. The lowest BCUT2D eigenvalue weighted by Crippen LogP contribution is -2.09. The van der Waals surface area contributed by atoms with E-state index in [1.807, 2.05) is 6.07 Å². The number of halogens is 2. The first-order chi connectivity index (χ1) is 7.54. The molecule has 0 aliphatic rings. The van der Waals surface area contributed by atoms with E-state index in [2.05, 4.69) is 5.32 Å². The van der Waals surface area contributed by atoms with Crippen molar-refractivity contribution in [1.29, 1.82) is 5.26 Å². The Hall–Kier alpha value is -1.61. The summed E-state index contributed by atoms with van der Waals surface area (Å²) in [5.74, 6) is -2.00. The monoisotopic (exact) mass is 242 g/mol. The van der Waals surface area contributed by atoms with E-state index in [1.54, 1.807) is 0 Å². The molecule has 1 aromatic carbocycles. The second kappa shape index (κ2) is 5.47. The second-order valence-electron chi connectivity index (χ2n) is 2.89. The molecule has 6 heteroatoms. The van der Waals surface area contributed by atoms with Crippen LogP contribution < -0.4 is 5.32 Å². The van der Waals surface area contributed by atoms with E-state index >= 15 is 0 Å². The van der Waals surface area contributed by atoms with Crippen LogP contribution in [0.1, 0.15) is 6.92 Å². The number of nitriles is 1. The Kier molecular flexibility index (Phi) is 4.26.